The molecule has 0 bridgehead atoms. The van der Waals surface area contributed by atoms with Crippen LogP contribution in [0, 0.1) is 11.8 Å². The molecule has 0 saturated carbocycles. The van der Waals surface area contributed by atoms with Gasteiger partial charge in [-0.3, -0.25) is 0 Å². The third-order valence-electron chi connectivity index (χ3n) is 6.02. The number of hydrogen-bond acceptors (Lipinski definition) is 4. The minimum absolute atomic E-state index is 0.0434. The summed E-state index contributed by atoms with van der Waals surface area (Å²) >= 11 is 6.19. The molecule has 3 N–H and O–H groups in total. The maximum atomic E-state index is 10.4. The fraction of sp³-hybridized carbons (Fsp3) is 0.652. The summed E-state index contributed by atoms with van der Waals surface area (Å²) < 4.78 is 5.62. The number of halogens is 1. The zero-order valence-corrected chi connectivity index (χ0v) is 18.5. The van der Waals surface area contributed by atoms with Crippen LogP contribution in [0.15, 0.2) is 45.4 Å². The van der Waals surface area contributed by atoms with Crippen LogP contribution in [-0.4, -0.2) is 33.6 Å². The van der Waals surface area contributed by atoms with E-state index >= 15 is 0 Å². The van der Waals surface area contributed by atoms with Gasteiger partial charge in [0.1, 0.15) is 11.5 Å². The molecule has 1 aliphatic carbocycles. The van der Waals surface area contributed by atoms with Crippen LogP contribution in [-0.2, 0) is 4.74 Å². The minimum atomic E-state index is -0.460. The Balaban J connectivity index is 1.86. The first-order chi connectivity index (χ1) is 13.1. The van der Waals surface area contributed by atoms with E-state index in [2.05, 4.69) is 33.8 Å². The molecular weight excluding hydrogens is 376 g/mol. The molecule has 3 atom stereocenters. The second kappa shape index (κ2) is 9.51. The fourth-order valence-electron chi connectivity index (χ4n) is 3.69. The Kier molecular flexibility index (Phi) is 7.83. The van der Waals surface area contributed by atoms with Gasteiger partial charge in [0.15, 0.2) is 0 Å². The Bertz CT molecular complexity index is 699. The van der Waals surface area contributed by atoms with Crippen LogP contribution in [0.25, 0.3) is 0 Å². The first-order valence-electron chi connectivity index (χ1n) is 10.2. The summed E-state index contributed by atoms with van der Waals surface area (Å²) in [5, 5.41) is 30.5. The van der Waals surface area contributed by atoms with Crippen LogP contribution in [0.2, 0.25) is 0 Å². The van der Waals surface area contributed by atoms with Gasteiger partial charge in [-0.2, -0.15) is 0 Å². The van der Waals surface area contributed by atoms with Gasteiger partial charge in [-0.05, 0) is 59.8 Å². The summed E-state index contributed by atoms with van der Waals surface area (Å²) in [6, 6.07) is 0. The fourth-order valence-corrected chi connectivity index (χ4v) is 3.95. The average Bonchev–Trinajstić information content (AvgIpc) is 3.25. The van der Waals surface area contributed by atoms with Gasteiger partial charge in [-0.25, -0.2) is 0 Å². The van der Waals surface area contributed by atoms with Crippen molar-refractivity contribution >= 4 is 11.6 Å². The SMILES string of the molecule is C/C(=C\CC1=C(O)C(CO)C(C)C(Cl)=C1O)CC/C=C(\C)CCC1OC1(C)C. The molecule has 158 valence electrons. The van der Waals surface area contributed by atoms with Gasteiger partial charge >= 0.3 is 0 Å². The van der Waals surface area contributed by atoms with E-state index < -0.39 is 5.92 Å². The molecule has 0 aromatic heterocycles. The Labute approximate surface area is 174 Å². The van der Waals surface area contributed by atoms with E-state index in [0.29, 0.717) is 23.1 Å². The molecule has 0 radical (unpaired) electrons. The van der Waals surface area contributed by atoms with Gasteiger partial charge in [-0.1, -0.05) is 41.8 Å². The van der Waals surface area contributed by atoms with Crippen molar-refractivity contribution in [2.75, 3.05) is 6.61 Å². The zero-order valence-electron chi connectivity index (χ0n) is 17.8. The maximum absolute atomic E-state index is 10.4. The molecule has 0 amide bonds. The van der Waals surface area contributed by atoms with E-state index in [1.807, 2.05) is 6.08 Å². The molecule has 5 heteroatoms. The molecule has 1 saturated heterocycles. The van der Waals surface area contributed by atoms with Gasteiger partial charge in [-0.15, -0.1) is 0 Å². The van der Waals surface area contributed by atoms with Crippen molar-refractivity contribution in [1.29, 1.82) is 0 Å². The van der Waals surface area contributed by atoms with Gasteiger partial charge in [0.05, 0.1) is 23.3 Å². The highest BCUT2D eigenvalue weighted by Crippen LogP contribution is 2.40. The van der Waals surface area contributed by atoms with Crippen molar-refractivity contribution in [2.45, 2.75) is 78.4 Å². The average molecular weight is 411 g/mol. The maximum Gasteiger partial charge on any atom is 0.137 e. The Morgan fingerprint density at radius 2 is 1.75 bits per heavy atom. The first kappa shape index (κ1) is 23.1. The lowest BCUT2D eigenvalue weighted by molar-refractivity contribution is 0.167. The van der Waals surface area contributed by atoms with E-state index in [1.165, 1.54) is 11.1 Å². The molecule has 3 unspecified atom stereocenters. The Hall–Kier alpha value is -1.23. The van der Waals surface area contributed by atoms with Crippen LogP contribution in [0.5, 0.6) is 0 Å². The molecule has 28 heavy (non-hydrogen) atoms. The van der Waals surface area contributed by atoms with Crippen molar-refractivity contribution in [1.82, 2.24) is 0 Å². The molecular formula is C23H35ClO4. The van der Waals surface area contributed by atoms with E-state index in [1.54, 1.807) is 6.92 Å². The van der Waals surface area contributed by atoms with Gasteiger partial charge < -0.3 is 20.1 Å². The predicted octanol–water partition coefficient (Wildman–Crippen LogP) is 6.09. The molecule has 1 fully saturated rings. The van der Waals surface area contributed by atoms with Crippen LogP contribution >= 0.6 is 11.6 Å². The Morgan fingerprint density at radius 3 is 2.32 bits per heavy atom. The quantitative estimate of drug-likeness (QED) is 0.318. The van der Waals surface area contributed by atoms with Crippen LogP contribution in [0.1, 0.15) is 66.7 Å². The number of hydrogen-bond donors (Lipinski definition) is 3. The molecule has 0 aromatic carbocycles. The predicted molar refractivity (Wildman–Crippen MR) is 114 cm³/mol. The second-order valence-corrected chi connectivity index (χ2v) is 9.14. The van der Waals surface area contributed by atoms with E-state index in [4.69, 9.17) is 16.3 Å². The molecule has 2 aliphatic rings. The van der Waals surface area contributed by atoms with E-state index in [9.17, 15) is 15.3 Å². The topological polar surface area (TPSA) is 73.2 Å². The van der Waals surface area contributed by atoms with Gasteiger partial charge in [0, 0.05) is 17.4 Å². The zero-order chi connectivity index (χ0) is 21.1. The van der Waals surface area contributed by atoms with Crippen molar-refractivity contribution in [3.05, 3.63) is 45.4 Å². The summed E-state index contributed by atoms with van der Waals surface area (Å²) in [7, 11) is 0. The van der Waals surface area contributed by atoms with E-state index in [0.717, 1.165) is 25.7 Å². The van der Waals surface area contributed by atoms with Crippen molar-refractivity contribution < 1.29 is 20.1 Å². The van der Waals surface area contributed by atoms with Crippen LogP contribution in [0.3, 0.4) is 0 Å². The molecule has 1 aliphatic heterocycles. The van der Waals surface area contributed by atoms with Crippen molar-refractivity contribution in [3.8, 4) is 0 Å². The highest BCUT2D eigenvalue weighted by molar-refractivity contribution is 6.30. The molecule has 4 nitrogen and oxygen atoms in total. The molecule has 1 heterocycles. The lowest BCUT2D eigenvalue weighted by Crippen LogP contribution is -2.25. The summed E-state index contributed by atoms with van der Waals surface area (Å²) in [5.41, 5.74) is 3.06. The second-order valence-electron chi connectivity index (χ2n) is 8.73. The standard InChI is InChI=1S/C23H35ClO4/c1-14(7-6-8-15(2)10-12-19-23(4,5)28-19)9-11-17-21(26)18(13-25)16(3)20(24)22(17)27/h8-9,16,18-19,25-27H,6-7,10-13H2,1-5H3/b14-9+,15-8+. The monoisotopic (exact) mass is 410 g/mol. The highest BCUT2D eigenvalue weighted by Gasteiger charge is 2.46. The van der Waals surface area contributed by atoms with Crippen molar-refractivity contribution in [2.24, 2.45) is 11.8 Å². The first-order valence-corrected chi connectivity index (χ1v) is 10.6. The molecule has 0 spiro atoms. The smallest absolute Gasteiger partial charge is 0.137 e. The normalized spacial score (nSPS) is 28.2. The number of allylic oxidation sites excluding steroid dienone is 6. The largest absolute Gasteiger partial charge is 0.511 e. The number of rotatable bonds is 9. The number of aliphatic hydroxyl groups is 3. The number of aliphatic hydroxyl groups excluding tert-OH is 3. The summed E-state index contributed by atoms with van der Waals surface area (Å²) in [6.45, 7) is 10.1. The summed E-state index contributed by atoms with van der Waals surface area (Å²) in [5.74, 6) is -0.762. The van der Waals surface area contributed by atoms with Crippen LogP contribution in [0.4, 0.5) is 0 Å². The summed E-state index contributed by atoms with van der Waals surface area (Å²) in [6.07, 6.45) is 9.12. The van der Waals surface area contributed by atoms with Crippen LogP contribution < -0.4 is 0 Å². The van der Waals surface area contributed by atoms with E-state index in [-0.39, 0.29) is 29.6 Å². The lowest BCUT2D eigenvalue weighted by atomic mass is 9.83. The minimum Gasteiger partial charge on any atom is -0.511 e. The third kappa shape index (κ3) is 5.65. The highest BCUT2D eigenvalue weighted by atomic mass is 35.5. The molecule has 2 rings (SSSR count). The third-order valence-corrected chi connectivity index (χ3v) is 6.55. The molecule has 0 aromatic rings. The van der Waals surface area contributed by atoms with Crippen molar-refractivity contribution in [3.63, 3.8) is 0 Å². The number of epoxide rings is 1. The lowest BCUT2D eigenvalue weighted by Gasteiger charge is -2.28. The van der Waals surface area contributed by atoms with Gasteiger partial charge in [0.25, 0.3) is 0 Å². The number of ether oxygens (including phenoxy) is 1. The Morgan fingerprint density at radius 1 is 1.14 bits per heavy atom. The van der Waals surface area contributed by atoms with Gasteiger partial charge in [0.2, 0.25) is 0 Å². The summed E-state index contributed by atoms with van der Waals surface area (Å²) in [4.78, 5) is 0.